The topological polar surface area (TPSA) is 108 Å². The maximum Gasteiger partial charge on any atom is 0.338 e. The molecule has 164 valence electrons. The molecule has 1 atom stereocenters. The maximum atomic E-state index is 12.4. The van der Waals surface area contributed by atoms with Crippen molar-refractivity contribution in [2.45, 2.75) is 19.3 Å². The highest BCUT2D eigenvalue weighted by atomic mass is 35.5. The molecular formula is C23H20ClN3O4S. The summed E-state index contributed by atoms with van der Waals surface area (Å²) in [6.45, 7) is 2.01. The molecule has 0 unspecified atom stereocenters. The fraction of sp³-hybridized carbons (Fsp3) is 0.217. The molecule has 0 bridgehead atoms. The van der Waals surface area contributed by atoms with E-state index in [1.165, 1.54) is 0 Å². The second-order valence-corrected chi connectivity index (χ2v) is 8.27. The third-order valence-electron chi connectivity index (χ3n) is 4.66. The summed E-state index contributed by atoms with van der Waals surface area (Å²) < 4.78 is 4.93. The summed E-state index contributed by atoms with van der Waals surface area (Å²) in [5, 5.41) is 16.1. The number of benzene rings is 2. The molecule has 3 rings (SSSR count). The number of thioether (sulfide) groups is 1. The van der Waals surface area contributed by atoms with E-state index in [4.69, 9.17) is 16.3 Å². The van der Waals surface area contributed by atoms with E-state index in [9.17, 15) is 19.6 Å². The summed E-state index contributed by atoms with van der Waals surface area (Å²) >= 11 is 7.03. The lowest BCUT2D eigenvalue weighted by molar-refractivity contribution is -0.121. The fourth-order valence-corrected chi connectivity index (χ4v) is 4.15. The molecule has 2 amide bonds. The van der Waals surface area contributed by atoms with Gasteiger partial charge in [0, 0.05) is 23.0 Å². The van der Waals surface area contributed by atoms with Gasteiger partial charge in [0.15, 0.2) is 0 Å². The smallest absolute Gasteiger partial charge is 0.338 e. The first-order chi connectivity index (χ1) is 15.4. The van der Waals surface area contributed by atoms with Crippen LogP contribution in [-0.4, -0.2) is 30.1 Å². The van der Waals surface area contributed by atoms with Crippen molar-refractivity contribution >= 4 is 46.8 Å². The van der Waals surface area contributed by atoms with Crippen LogP contribution in [0.15, 0.2) is 59.1 Å². The van der Waals surface area contributed by atoms with Gasteiger partial charge in [0.2, 0.25) is 11.8 Å². The molecule has 2 aromatic rings. The lowest BCUT2D eigenvalue weighted by atomic mass is 9.87. The summed E-state index contributed by atoms with van der Waals surface area (Å²) in [5.74, 6) is -1.37. The van der Waals surface area contributed by atoms with Gasteiger partial charge in [0.25, 0.3) is 0 Å². The zero-order valence-corrected chi connectivity index (χ0v) is 18.8. The van der Waals surface area contributed by atoms with E-state index in [0.29, 0.717) is 26.9 Å². The van der Waals surface area contributed by atoms with Gasteiger partial charge in [-0.05, 0) is 48.9 Å². The normalized spacial score (nSPS) is 15.5. The van der Waals surface area contributed by atoms with Crippen molar-refractivity contribution in [2.24, 2.45) is 0 Å². The number of hydrogen-bond donors (Lipinski definition) is 2. The van der Waals surface area contributed by atoms with Crippen molar-refractivity contribution in [1.29, 1.82) is 5.26 Å². The molecule has 7 nitrogen and oxygen atoms in total. The molecular weight excluding hydrogens is 450 g/mol. The highest BCUT2D eigenvalue weighted by Gasteiger charge is 2.29. The van der Waals surface area contributed by atoms with Gasteiger partial charge in [-0.15, -0.1) is 0 Å². The van der Waals surface area contributed by atoms with Crippen molar-refractivity contribution < 1.29 is 19.1 Å². The van der Waals surface area contributed by atoms with Gasteiger partial charge in [-0.3, -0.25) is 9.59 Å². The Morgan fingerprint density at radius 3 is 2.53 bits per heavy atom. The van der Waals surface area contributed by atoms with Gasteiger partial charge in [0.05, 0.1) is 34.6 Å². The molecule has 0 saturated heterocycles. The van der Waals surface area contributed by atoms with Crippen LogP contribution in [0.1, 0.15) is 35.2 Å². The number of carbonyl (C=O) groups is 3. The summed E-state index contributed by atoms with van der Waals surface area (Å²) in [5.41, 5.74) is 2.12. The Balaban J connectivity index is 1.67. The number of allylic oxidation sites excluding steroid dienone is 1. The zero-order chi connectivity index (χ0) is 23.1. The molecule has 0 aliphatic carbocycles. The van der Waals surface area contributed by atoms with Gasteiger partial charge in [0.1, 0.15) is 0 Å². The van der Waals surface area contributed by atoms with Crippen LogP contribution in [0.25, 0.3) is 0 Å². The summed E-state index contributed by atoms with van der Waals surface area (Å²) in [6.07, 6.45) is 0.146. The largest absolute Gasteiger partial charge is 0.462 e. The van der Waals surface area contributed by atoms with Crippen molar-refractivity contribution in [1.82, 2.24) is 5.32 Å². The van der Waals surface area contributed by atoms with Crippen LogP contribution in [0.2, 0.25) is 5.02 Å². The Bertz CT molecular complexity index is 1090. The minimum atomic E-state index is -0.430. The molecule has 1 aliphatic heterocycles. The molecule has 1 aliphatic rings. The van der Waals surface area contributed by atoms with Crippen LogP contribution in [0.5, 0.6) is 0 Å². The quantitative estimate of drug-likeness (QED) is 0.587. The SMILES string of the molecule is CCOC(=O)c1ccc(NC(=O)CSC2=C(C#N)[C@@H](c3ccc(Cl)cc3)CC(=O)N2)cc1. The lowest BCUT2D eigenvalue weighted by Crippen LogP contribution is -2.31. The molecule has 0 radical (unpaired) electrons. The van der Waals surface area contributed by atoms with E-state index >= 15 is 0 Å². The average Bonchev–Trinajstić information content (AvgIpc) is 2.78. The zero-order valence-electron chi connectivity index (χ0n) is 17.2. The number of halogens is 1. The number of nitrogens with zero attached hydrogens (tertiary/aromatic N) is 1. The van der Waals surface area contributed by atoms with Crippen LogP contribution in [-0.2, 0) is 14.3 Å². The van der Waals surface area contributed by atoms with Gasteiger partial charge >= 0.3 is 5.97 Å². The number of anilines is 1. The van der Waals surface area contributed by atoms with E-state index < -0.39 is 11.9 Å². The van der Waals surface area contributed by atoms with E-state index in [-0.39, 0.29) is 30.6 Å². The first-order valence-electron chi connectivity index (χ1n) is 9.80. The lowest BCUT2D eigenvalue weighted by Gasteiger charge is -2.25. The second kappa shape index (κ2) is 10.8. The van der Waals surface area contributed by atoms with E-state index in [0.717, 1.165) is 17.3 Å². The molecule has 0 spiro atoms. The van der Waals surface area contributed by atoms with Crippen LogP contribution >= 0.6 is 23.4 Å². The standard InChI is InChI=1S/C23H20ClN3O4S/c1-2-31-23(30)15-5-9-17(10-6-15)26-21(29)13-32-22-19(12-25)18(11-20(28)27-22)14-3-7-16(24)8-4-14/h3-10,18H,2,11,13H2,1H3,(H,26,29)(H,27,28)/t18-/m1/s1. The van der Waals surface area contributed by atoms with Crippen molar-refractivity contribution in [2.75, 3.05) is 17.7 Å². The first-order valence-corrected chi connectivity index (χ1v) is 11.2. The summed E-state index contributed by atoms with van der Waals surface area (Å²) in [4.78, 5) is 36.3. The monoisotopic (exact) mass is 469 g/mol. The second-order valence-electron chi connectivity index (χ2n) is 6.85. The number of carbonyl (C=O) groups excluding carboxylic acids is 3. The van der Waals surface area contributed by atoms with E-state index in [1.54, 1.807) is 55.5 Å². The number of ether oxygens (including phenoxy) is 1. The van der Waals surface area contributed by atoms with E-state index in [1.807, 2.05) is 0 Å². The third-order valence-corrected chi connectivity index (χ3v) is 5.92. The Kier molecular flexibility index (Phi) is 7.92. The molecule has 2 aromatic carbocycles. The van der Waals surface area contributed by atoms with Crippen molar-refractivity contribution in [3.63, 3.8) is 0 Å². The number of amides is 2. The minimum absolute atomic E-state index is 0.00619. The van der Waals surface area contributed by atoms with Crippen LogP contribution < -0.4 is 10.6 Å². The molecule has 9 heteroatoms. The maximum absolute atomic E-state index is 12.4. The molecule has 1 heterocycles. The van der Waals surface area contributed by atoms with Crippen molar-refractivity contribution in [3.05, 3.63) is 75.3 Å². The van der Waals surface area contributed by atoms with Crippen LogP contribution in [0, 0.1) is 11.3 Å². The molecule has 0 saturated carbocycles. The van der Waals surface area contributed by atoms with Gasteiger partial charge < -0.3 is 15.4 Å². The number of nitrogens with one attached hydrogen (secondary N) is 2. The fourth-order valence-electron chi connectivity index (χ4n) is 3.15. The Morgan fingerprint density at radius 2 is 1.91 bits per heavy atom. The van der Waals surface area contributed by atoms with Crippen LogP contribution in [0.4, 0.5) is 5.69 Å². The highest BCUT2D eigenvalue weighted by molar-refractivity contribution is 8.03. The number of rotatable bonds is 7. The van der Waals surface area contributed by atoms with Gasteiger partial charge in [-0.25, -0.2) is 4.79 Å². The molecule has 0 aromatic heterocycles. The number of nitriles is 1. The molecule has 0 fully saturated rings. The van der Waals surface area contributed by atoms with E-state index in [2.05, 4.69) is 16.7 Å². The highest BCUT2D eigenvalue weighted by Crippen LogP contribution is 2.36. The molecule has 2 N–H and O–H groups in total. The Morgan fingerprint density at radius 1 is 1.22 bits per heavy atom. The Labute approximate surface area is 194 Å². The van der Waals surface area contributed by atoms with Crippen molar-refractivity contribution in [3.8, 4) is 6.07 Å². The van der Waals surface area contributed by atoms with Crippen LogP contribution in [0.3, 0.4) is 0 Å². The minimum Gasteiger partial charge on any atom is -0.462 e. The predicted molar refractivity (Wildman–Crippen MR) is 123 cm³/mol. The first kappa shape index (κ1) is 23.4. The van der Waals surface area contributed by atoms with Gasteiger partial charge in [-0.1, -0.05) is 35.5 Å². The summed E-state index contributed by atoms with van der Waals surface area (Å²) in [6, 6.07) is 15.5. The Hall–Kier alpha value is -3.28. The summed E-state index contributed by atoms with van der Waals surface area (Å²) in [7, 11) is 0. The molecule has 32 heavy (non-hydrogen) atoms. The average molecular weight is 470 g/mol. The third kappa shape index (κ3) is 5.90. The number of hydrogen-bond acceptors (Lipinski definition) is 6. The van der Waals surface area contributed by atoms with Gasteiger partial charge in [-0.2, -0.15) is 5.26 Å². The number of esters is 1. The predicted octanol–water partition coefficient (Wildman–Crippen LogP) is 4.23.